The number of carboxylic acids is 1. The van der Waals surface area contributed by atoms with Gasteiger partial charge in [0.05, 0.1) is 11.6 Å². The summed E-state index contributed by atoms with van der Waals surface area (Å²) >= 11 is 0. The molecule has 4 rings (SSSR count). The van der Waals surface area contributed by atoms with Crippen molar-refractivity contribution in [2.24, 2.45) is 5.92 Å². The standard InChI is InChI=1S/C29H41N5O3/c1-6-25-18-33(19-27-28(37-25)9-8-14-30-27)16-23-15-22(11-10-20(23)3)26(21(4)29(35)36)13-12-24-17-34(7-2)31-32(24)5/h8-11,14-15,17,21,25-26,31H,6-7,12-13,16,18-19H2,1-5H3,(H,35,36)/t21?,25-,26?/m1/s1. The number of rotatable bonds is 10. The summed E-state index contributed by atoms with van der Waals surface area (Å²) in [5.74, 6) is -0.447. The molecule has 0 amide bonds. The van der Waals surface area contributed by atoms with E-state index in [9.17, 15) is 9.90 Å². The van der Waals surface area contributed by atoms with Crippen molar-refractivity contribution in [3.05, 3.63) is 70.8 Å². The Bertz CT molecular complexity index is 1120. The zero-order valence-corrected chi connectivity index (χ0v) is 22.8. The fraction of sp³-hybridized carbons (Fsp3) is 0.517. The van der Waals surface area contributed by atoms with Gasteiger partial charge in [0.1, 0.15) is 11.9 Å². The second-order valence-electron chi connectivity index (χ2n) is 10.3. The Morgan fingerprint density at radius 2 is 2.11 bits per heavy atom. The minimum atomic E-state index is -0.757. The SMILES string of the molecule is CC[C@@H]1CN(Cc2cc(C(CCC3=CN(CC)NN3C)C(C)C(=O)O)ccc2C)Cc2ncccc2O1. The molecule has 3 atom stereocenters. The van der Waals surface area contributed by atoms with E-state index in [4.69, 9.17) is 4.74 Å². The van der Waals surface area contributed by atoms with E-state index >= 15 is 0 Å². The maximum absolute atomic E-state index is 12.1. The number of aromatic nitrogens is 1. The maximum Gasteiger partial charge on any atom is 0.306 e. The smallest absolute Gasteiger partial charge is 0.306 e. The number of hydrogen-bond donors (Lipinski definition) is 2. The van der Waals surface area contributed by atoms with Crippen molar-refractivity contribution in [1.82, 2.24) is 25.4 Å². The number of carboxylic acid groups (broad SMARTS) is 1. The normalized spacial score (nSPS) is 19.6. The van der Waals surface area contributed by atoms with Gasteiger partial charge in [0, 0.05) is 51.3 Å². The molecule has 2 unspecified atom stereocenters. The van der Waals surface area contributed by atoms with Crippen LogP contribution >= 0.6 is 0 Å². The van der Waals surface area contributed by atoms with E-state index in [1.807, 2.05) is 42.3 Å². The van der Waals surface area contributed by atoms with Gasteiger partial charge < -0.3 is 9.84 Å². The molecule has 2 aliphatic rings. The molecule has 0 fully saturated rings. The summed E-state index contributed by atoms with van der Waals surface area (Å²) in [4.78, 5) is 19.1. The van der Waals surface area contributed by atoms with Crippen LogP contribution in [0.15, 0.2) is 48.4 Å². The number of nitrogens with zero attached hydrogens (tertiary/aromatic N) is 4. The molecule has 8 nitrogen and oxygen atoms in total. The molecule has 1 aromatic carbocycles. The Labute approximate surface area is 220 Å². The Balaban J connectivity index is 1.56. The summed E-state index contributed by atoms with van der Waals surface area (Å²) in [6, 6.07) is 10.4. The lowest BCUT2D eigenvalue weighted by atomic mass is 9.82. The van der Waals surface area contributed by atoms with Crippen LogP contribution in [0, 0.1) is 12.8 Å². The van der Waals surface area contributed by atoms with Gasteiger partial charge in [-0.3, -0.25) is 24.7 Å². The molecule has 1 aromatic heterocycles. The van der Waals surface area contributed by atoms with Crippen LogP contribution in [0.4, 0.5) is 0 Å². The average molecular weight is 508 g/mol. The van der Waals surface area contributed by atoms with Gasteiger partial charge in [-0.1, -0.05) is 32.0 Å². The highest BCUT2D eigenvalue weighted by molar-refractivity contribution is 5.71. The number of hydrazine groups is 2. The van der Waals surface area contributed by atoms with E-state index in [0.29, 0.717) is 0 Å². The Morgan fingerprint density at radius 3 is 2.81 bits per heavy atom. The molecule has 8 heteroatoms. The molecule has 0 saturated carbocycles. The fourth-order valence-corrected chi connectivity index (χ4v) is 5.22. The second-order valence-corrected chi connectivity index (χ2v) is 10.3. The number of ether oxygens (including phenoxy) is 1. The van der Waals surface area contributed by atoms with Crippen LogP contribution < -0.4 is 10.3 Å². The van der Waals surface area contributed by atoms with Crippen molar-refractivity contribution in [2.75, 3.05) is 20.1 Å². The molecule has 200 valence electrons. The molecule has 3 heterocycles. The molecule has 0 bridgehead atoms. The van der Waals surface area contributed by atoms with Crippen LogP contribution in [0.2, 0.25) is 0 Å². The highest BCUT2D eigenvalue weighted by atomic mass is 16.5. The quantitative estimate of drug-likeness (QED) is 0.480. The van der Waals surface area contributed by atoms with Gasteiger partial charge in [0.25, 0.3) is 0 Å². The topological polar surface area (TPSA) is 81.2 Å². The summed E-state index contributed by atoms with van der Waals surface area (Å²) < 4.78 is 6.24. The first kappa shape index (κ1) is 26.9. The second kappa shape index (κ2) is 12.0. The van der Waals surface area contributed by atoms with Crippen molar-refractivity contribution >= 4 is 5.97 Å². The first-order valence-electron chi connectivity index (χ1n) is 13.4. The third kappa shape index (κ3) is 6.43. The van der Waals surface area contributed by atoms with E-state index in [0.717, 1.165) is 68.1 Å². The maximum atomic E-state index is 12.1. The molecular weight excluding hydrogens is 466 g/mol. The summed E-state index contributed by atoms with van der Waals surface area (Å²) in [6.45, 7) is 11.4. The third-order valence-corrected chi connectivity index (χ3v) is 7.69. The van der Waals surface area contributed by atoms with Gasteiger partial charge in [-0.05, 0) is 67.9 Å². The molecule has 37 heavy (non-hydrogen) atoms. The predicted octanol–water partition coefficient (Wildman–Crippen LogP) is 4.68. The number of nitrogens with one attached hydrogen (secondary N) is 1. The number of allylic oxidation sites excluding steroid dienone is 1. The lowest BCUT2D eigenvalue weighted by Crippen LogP contribution is -2.37. The van der Waals surface area contributed by atoms with Crippen molar-refractivity contribution in [2.45, 2.75) is 72.1 Å². The van der Waals surface area contributed by atoms with Crippen LogP contribution in [0.1, 0.15) is 68.3 Å². The van der Waals surface area contributed by atoms with Gasteiger partial charge in [-0.2, -0.15) is 0 Å². The summed E-state index contributed by atoms with van der Waals surface area (Å²) in [5, 5.41) is 14.0. The van der Waals surface area contributed by atoms with Crippen molar-refractivity contribution < 1.29 is 14.6 Å². The number of aliphatic carboxylic acids is 1. The van der Waals surface area contributed by atoms with Crippen LogP contribution in [-0.2, 0) is 17.9 Å². The predicted molar refractivity (Wildman–Crippen MR) is 144 cm³/mol. The van der Waals surface area contributed by atoms with E-state index in [1.165, 1.54) is 11.1 Å². The van der Waals surface area contributed by atoms with Crippen molar-refractivity contribution in [3.63, 3.8) is 0 Å². The number of aryl methyl sites for hydroxylation is 1. The fourth-order valence-electron chi connectivity index (χ4n) is 5.22. The zero-order chi connectivity index (χ0) is 26.5. The van der Waals surface area contributed by atoms with Crippen LogP contribution in [0.5, 0.6) is 5.75 Å². The lowest BCUT2D eigenvalue weighted by molar-refractivity contribution is -0.142. The average Bonchev–Trinajstić information content (AvgIpc) is 3.14. The van der Waals surface area contributed by atoms with E-state index in [1.54, 1.807) is 0 Å². The van der Waals surface area contributed by atoms with E-state index < -0.39 is 11.9 Å². The summed E-state index contributed by atoms with van der Waals surface area (Å²) in [5.41, 5.74) is 8.95. The third-order valence-electron chi connectivity index (χ3n) is 7.69. The first-order valence-corrected chi connectivity index (χ1v) is 13.4. The summed E-state index contributed by atoms with van der Waals surface area (Å²) in [7, 11) is 2.00. The van der Waals surface area contributed by atoms with E-state index in [-0.39, 0.29) is 12.0 Å². The molecule has 0 radical (unpaired) electrons. The lowest BCUT2D eigenvalue weighted by Gasteiger charge is -2.26. The highest BCUT2D eigenvalue weighted by Crippen LogP contribution is 2.34. The van der Waals surface area contributed by atoms with Gasteiger partial charge >= 0.3 is 5.97 Å². The van der Waals surface area contributed by atoms with Crippen LogP contribution in [0.25, 0.3) is 0 Å². The minimum Gasteiger partial charge on any atom is -0.487 e. The first-order chi connectivity index (χ1) is 17.8. The Kier molecular flexibility index (Phi) is 8.71. The van der Waals surface area contributed by atoms with Gasteiger partial charge in [-0.15, -0.1) is 5.53 Å². The van der Waals surface area contributed by atoms with Crippen molar-refractivity contribution in [3.8, 4) is 5.75 Å². The van der Waals surface area contributed by atoms with Gasteiger partial charge in [-0.25, -0.2) is 0 Å². The van der Waals surface area contributed by atoms with Crippen LogP contribution in [0.3, 0.4) is 0 Å². The number of fused-ring (bicyclic) bond motifs is 1. The van der Waals surface area contributed by atoms with Crippen molar-refractivity contribution in [1.29, 1.82) is 0 Å². The number of benzene rings is 1. The molecule has 2 N–H and O–H groups in total. The van der Waals surface area contributed by atoms with E-state index in [2.05, 4.69) is 60.6 Å². The number of pyridine rings is 1. The zero-order valence-electron chi connectivity index (χ0n) is 22.8. The monoisotopic (exact) mass is 507 g/mol. The highest BCUT2D eigenvalue weighted by Gasteiger charge is 2.28. The largest absolute Gasteiger partial charge is 0.487 e. The molecule has 2 aromatic rings. The number of carbonyl (C=O) groups is 1. The van der Waals surface area contributed by atoms with Gasteiger partial charge in [0.15, 0.2) is 0 Å². The molecular formula is C29H41N5O3. The number of hydrogen-bond acceptors (Lipinski definition) is 7. The molecule has 0 saturated heterocycles. The van der Waals surface area contributed by atoms with Gasteiger partial charge in [0.2, 0.25) is 0 Å². The summed E-state index contributed by atoms with van der Waals surface area (Å²) in [6.07, 6.45) is 6.54. The minimum absolute atomic E-state index is 0.0833. The molecule has 0 spiro atoms. The molecule has 0 aliphatic carbocycles. The Morgan fingerprint density at radius 1 is 1.30 bits per heavy atom. The molecule has 2 aliphatic heterocycles. The Hall–Kier alpha value is -3.10. The van der Waals surface area contributed by atoms with Crippen LogP contribution in [-0.4, -0.2) is 57.2 Å².